The van der Waals surface area contributed by atoms with Crippen LogP contribution in [0.2, 0.25) is 18.1 Å². The fraction of sp³-hybridized carbons (Fsp3) is 0.294. The van der Waals surface area contributed by atoms with Gasteiger partial charge >= 0.3 is 156 Å². The molecule has 6 heteroatoms. The van der Waals surface area contributed by atoms with Crippen LogP contribution in [0.4, 0.5) is 0 Å². The normalized spacial score (nSPS) is 22.2. The molecule has 0 nitrogen and oxygen atoms in total. The first kappa shape index (κ1) is 20.2. The van der Waals surface area contributed by atoms with E-state index in [0.29, 0.717) is 3.63 Å². The summed E-state index contributed by atoms with van der Waals surface area (Å²) >= 11 is 12.4. The summed E-state index contributed by atoms with van der Waals surface area (Å²) in [5, 5.41) is 4.10. The monoisotopic (exact) mass is 521 g/mol. The summed E-state index contributed by atoms with van der Waals surface area (Å²) in [5.74, 6) is 0. The molecular weight excluding hydrogens is 510 g/mol. The Kier molecular flexibility index (Phi) is 5.76. The van der Waals surface area contributed by atoms with Crippen molar-refractivity contribution in [2.75, 3.05) is 0 Å². The molecule has 1 aromatic rings. The smallest absolute Gasteiger partial charge is 1.00 e. The Bertz CT molecular complexity index is 809. The summed E-state index contributed by atoms with van der Waals surface area (Å²) in [7, 11) is -1.65. The largest absolute Gasteiger partial charge is 1.00 e. The van der Waals surface area contributed by atoms with Gasteiger partial charge in [-0.2, -0.15) is 0 Å². The first-order valence-corrected chi connectivity index (χ1v) is 12.8. The van der Waals surface area contributed by atoms with Crippen molar-refractivity contribution in [1.29, 1.82) is 0 Å². The summed E-state index contributed by atoms with van der Waals surface area (Å²) in [6, 6.07) is 0. The molecule has 0 saturated heterocycles. The Morgan fingerprint density at radius 1 is 1.26 bits per heavy atom. The zero-order chi connectivity index (χ0) is 15.1. The molecule has 0 N–H and O–H groups in total. The van der Waals surface area contributed by atoms with Gasteiger partial charge in [-0.3, -0.25) is 0 Å². The number of allylic oxidation sites excluding steroid dienone is 5. The van der Waals surface area contributed by atoms with Crippen LogP contribution >= 0.6 is 27.5 Å². The maximum absolute atomic E-state index is 6.95. The SMILES string of the molecule is CC1=C2c3c(Br)c(c(Cl)c(C4=CC=CC4)c3[CH]1[Zr+2])[Si]2(C)C.[Cl-].[Cl-]. The van der Waals surface area contributed by atoms with Gasteiger partial charge in [0.25, 0.3) is 0 Å². The molecule has 0 radical (unpaired) electrons. The topological polar surface area (TPSA) is 0 Å². The molecule has 1 aromatic carbocycles. The quantitative estimate of drug-likeness (QED) is 0.426. The molecule has 1 aliphatic heterocycles. The number of rotatable bonds is 1. The molecule has 0 fully saturated rings. The van der Waals surface area contributed by atoms with E-state index >= 15 is 0 Å². The molecule has 0 aromatic heterocycles. The maximum Gasteiger partial charge on any atom is -1.00 e. The van der Waals surface area contributed by atoms with Crippen molar-refractivity contribution < 1.29 is 49.5 Å². The van der Waals surface area contributed by atoms with Gasteiger partial charge < -0.3 is 24.8 Å². The van der Waals surface area contributed by atoms with Crippen molar-refractivity contribution >= 4 is 51.6 Å². The molecule has 0 amide bonds. The first-order valence-electron chi connectivity index (χ1n) is 7.21. The van der Waals surface area contributed by atoms with Crippen LogP contribution in [-0.4, -0.2) is 8.07 Å². The van der Waals surface area contributed by atoms with E-state index < -0.39 is 8.07 Å². The van der Waals surface area contributed by atoms with Gasteiger partial charge in [-0.25, -0.2) is 0 Å². The number of fused-ring (bicyclic) bond motifs is 1. The van der Waals surface area contributed by atoms with Gasteiger partial charge in [0.05, 0.1) is 0 Å². The molecule has 0 saturated carbocycles. The van der Waals surface area contributed by atoms with Crippen molar-refractivity contribution in [2.45, 2.75) is 30.1 Å². The van der Waals surface area contributed by atoms with Gasteiger partial charge in [-0.05, 0) is 0 Å². The fourth-order valence-electron chi connectivity index (χ4n) is 4.22. The second kappa shape index (κ2) is 6.56. The van der Waals surface area contributed by atoms with E-state index in [1.807, 2.05) is 0 Å². The Balaban J connectivity index is 0.000000960. The van der Waals surface area contributed by atoms with Gasteiger partial charge in [-0.1, -0.05) is 0 Å². The van der Waals surface area contributed by atoms with Crippen LogP contribution in [0, 0.1) is 0 Å². The average molecular weight is 525 g/mol. The third-order valence-electron chi connectivity index (χ3n) is 5.13. The second-order valence-electron chi connectivity index (χ2n) is 6.61. The summed E-state index contributed by atoms with van der Waals surface area (Å²) in [4.78, 5) is 0. The zero-order valence-corrected chi connectivity index (χ0v) is 20.3. The Labute approximate surface area is 179 Å². The van der Waals surface area contributed by atoms with E-state index in [4.69, 9.17) is 11.6 Å². The van der Waals surface area contributed by atoms with Crippen LogP contribution in [0.25, 0.3) is 10.8 Å². The minimum Gasteiger partial charge on any atom is -1.00 e. The molecule has 119 valence electrons. The van der Waals surface area contributed by atoms with Gasteiger partial charge in [0.15, 0.2) is 0 Å². The Hall–Kier alpha value is 0.890. The number of halogens is 4. The summed E-state index contributed by atoms with van der Waals surface area (Å²) in [6.07, 6.45) is 7.66. The number of hydrogen-bond donors (Lipinski definition) is 0. The van der Waals surface area contributed by atoms with E-state index in [0.717, 1.165) is 11.4 Å². The predicted octanol–water partition coefficient (Wildman–Crippen LogP) is -0.703. The molecule has 3 aliphatic rings. The minimum absolute atomic E-state index is 0. The number of hydrogen-bond acceptors (Lipinski definition) is 0. The van der Waals surface area contributed by atoms with Crippen molar-refractivity contribution in [2.24, 2.45) is 0 Å². The van der Waals surface area contributed by atoms with Gasteiger partial charge in [0.2, 0.25) is 0 Å². The molecule has 2 aliphatic carbocycles. The minimum atomic E-state index is -1.65. The third-order valence-corrected chi connectivity index (χ3v) is 12.2. The molecule has 0 spiro atoms. The van der Waals surface area contributed by atoms with Crippen LogP contribution < -0.4 is 30.0 Å². The molecule has 1 atom stereocenters. The summed E-state index contributed by atoms with van der Waals surface area (Å²) < 4.78 is 1.88. The molecule has 1 heterocycles. The van der Waals surface area contributed by atoms with Gasteiger partial charge in [0, 0.05) is 0 Å². The van der Waals surface area contributed by atoms with Crippen LogP contribution in [-0.2, 0) is 24.7 Å². The summed E-state index contributed by atoms with van der Waals surface area (Å²) in [5.41, 5.74) is 7.37. The van der Waals surface area contributed by atoms with E-state index in [-0.39, 0.29) is 24.8 Å². The van der Waals surface area contributed by atoms with E-state index in [1.165, 1.54) is 31.9 Å². The van der Waals surface area contributed by atoms with Crippen molar-refractivity contribution in [3.8, 4) is 0 Å². The molecule has 1 unspecified atom stereocenters. The molecule has 23 heavy (non-hydrogen) atoms. The number of benzene rings is 1. The van der Waals surface area contributed by atoms with Crippen LogP contribution in [0.1, 0.15) is 33.7 Å². The van der Waals surface area contributed by atoms with Crippen molar-refractivity contribution in [3.05, 3.63) is 50.0 Å². The molecule has 4 rings (SSSR count). The van der Waals surface area contributed by atoms with E-state index in [2.05, 4.69) is 54.2 Å². The van der Waals surface area contributed by atoms with Crippen LogP contribution in [0.5, 0.6) is 0 Å². The van der Waals surface area contributed by atoms with E-state index in [9.17, 15) is 0 Å². The fourth-order valence-corrected chi connectivity index (χ4v) is 12.7. The van der Waals surface area contributed by atoms with Crippen molar-refractivity contribution in [3.63, 3.8) is 0 Å². The molecule has 2 bridgehead atoms. The molecular formula is C17H15BrCl3SiZr. The predicted molar refractivity (Wildman–Crippen MR) is 93.3 cm³/mol. The first-order chi connectivity index (χ1) is 9.87. The average Bonchev–Trinajstić information content (AvgIpc) is 3.03. The standard InChI is InChI=1S/C17H15BrClSi.2ClH.Zr/c1-9-8-11-12(10-6-4-5-7-10)15(19)17-14(18)13(11)16(9)20(17,2)3;;;/h4-6,8H,7H2,1-3H3;2*1H;/q;;;+2/p-2. The zero-order valence-electron chi connectivity index (χ0n) is 13.0. The van der Waals surface area contributed by atoms with E-state index in [1.54, 1.807) is 35.5 Å². The summed E-state index contributed by atoms with van der Waals surface area (Å²) in [6.45, 7) is 7.25. The maximum atomic E-state index is 6.95. The van der Waals surface area contributed by atoms with Gasteiger partial charge in [-0.15, -0.1) is 0 Å². The Morgan fingerprint density at radius 2 is 1.91 bits per heavy atom. The second-order valence-corrected chi connectivity index (χ2v) is 13.4. The van der Waals surface area contributed by atoms with Crippen LogP contribution in [0.15, 0.2) is 28.3 Å². The third kappa shape index (κ3) is 2.45. The van der Waals surface area contributed by atoms with Crippen molar-refractivity contribution in [1.82, 2.24) is 0 Å². The van der Waals surface area contributed by atoms with Gasteiger partial charge in [0.1, 0.15) is 0 Å². The Morgan fingerprint density at radius 3 is 2.48 bits per heavy atom. The van der Waals surface area contributed by atoms with Crippen LogP contribution in [0.3, 0.4) is 0 Å².